The molecule has 0 aromatic heterocycles. The molecule has 3 N–H and O–H groups in total. The van der Waals surface area contributed by atoms with Crippen molar-refractivity contribution in [2.45, 2.75) is 19.1 Å². The van der Waals surface area contributed by atoms with Gasteiger partial charge >= 0.3 is 6.18 Å². The largest absolute Gasteiger partial charge is 0.491 e. The van der Waals surface area contributed by atoms with E-state index < -0.39 is 17.6 Å². The third-order valence-corrected chi connectivity index (χ3v) is 5.74. The second-order valence-corrected chi connectivity index (χ2v) is 8.42. The average Bonchev–Trinajstić information content (AvgIpc) is 2.76. The van der Waals surface area contributed by atoms with Crippen LogP contribution >= 0.6 is 11.6 Å². The predicted octanol–water partition coefficient (Wildman–Crippen LogP) is 4.30. The van der Waals surface area contributed by atoms with Crippen LogP contribution < -0.4 is 15.8 Å². The molecule has 33 heavy (non-hydrogen) atoms. The standard InChI is InChI=1S/C23H28ClF3N4O2/c1-30-8-10-31(11-9-30)15-17-3-5-18(14-19(17)23(25,26)27)29-22(32)16-4-6-21(20(28)13-16)33-12-2-7-24/h3-6,13-14H,2,7-12,15,28H2,1H3,(H,29,32). The van der Waals surface area contributed by atoms with Gasteiger partial charge < -0.3 is 20.7 Å². The highest BCUT2D eigenvalue weighted by molar-refractivity contribution is 6.17. The summed E-state index contributed by atoms with van der Waals surface area (Å²) in [4.78, 5) is 16.8. The Kier molecular flexibility index (Phi) is 8.45. The molecule has 1 aliphatic heterocycles. The van der Waals surface area contributed by atoms with Crippen molar-refractivity contribution in [1.29, 1.82) is 0 Å². The molecule has 1 heterocycles. The van der Waals surface area contributed by atoms with E-state index >= 15 is 0 Å². The fourth-order valence-electron chi connectivity index (χ4n) is 3.56. The van der Waals surface area contributed by atoms with Crippen LogP contribution in [0.5, 0.6) is 5.75 Å². The molecule has 2 aromatic carbocycles. The third-order valence-electron chi connectivity index (χ3n) is 5.47. The van der Waals surface area contributed by atoms with Gasteiger partial charge in [0.15, 0.2) is 0 Å². The highest BCUT2D eigenvalue weighted by atomic mass is 35.5. The van der Waals surface area contributed by atoms with E-state index in [4.69, 9.17) is 22.1 Å². The predicted molar refractivity (Wildman–Crippen MR) is 124 cm³/mol. The average molecular weight is 485 g/mol. The summed E-state index contributed by atoms with van der Waals surface area (Å²) in [6.07, 6.45) is -3.88. The second-order valence-electron chi connectivity index (χ2n) is 8.05. The first-order chi connectivity index (χ1) is 15.7. The van der Waals surface area contributed by atoms with Crippen LogP contribution in [0.3, 0.4) is 0 Å². The number of carbonyl (C=O) groups excluding carboxylic acids is 1. The van der Waals surface area contributed by atoms with E-state index in [9.17, 15) is 18.0 Å². The van der Waals surface area contributed by atoms with Gasteiger partial charge in [-0.1, -0.05) is 6.07 Å². The minimum Gasteiger partial charge on any atom is -0.491 e. The van der Waals surface area contributed by atoms with Crippen LogP contribution in [0.4, 0.5) is 24.5 Å². The van der Waals surface area contributed by atoms with Gasteiger partial charge in [0.05, 0.1) is 17.9 Å². The Labute approximate surface area is 196 Å². The number of carbonyl (C=O) groups is 1. The van der Waals surface area contributed by atoms with E-state index in [2.05, 4.69) is 10.2 Å². The van der Waals surface area contributed by atoms with Crippen molar-refractivity contribution in [2.24, 2.45) is 0 Å². The first-order valence-corrected chi connectivity index (χ1v) is 11.2. The number of hydrogen-bond acceptors (Lipinski definition) is 5. The first-order valence-electron chi connectivity index (χ1n) is 10.7. The molecule has 0 unspecified atom stereocenters. The van der Waals surface area contributed by atoms with Gasteiger partial charge in [-0.25, -0.2) is 0 Å². The van der Waals surface area contributed by atoms with Crippen LogP contribution in [0.1, 0.15) is 27.9 Å². The van der Waals surface area contributed by atoms with Gasteiger partial charge in [0.25, 0.3) is 5.91 Å². The van der Waals surface area contributed by atoms with Crippen molar-refractivity contribution in [1.82, 2.24) is 9.80 Å². The molecule has 0 radical (unpaired) electrons. The highest BCUT2D eigenvalue weighted by Gasteiger charge is 2.34. The molecule has 0 bridgehead atoms. The summed E-state index contributed by atoms with van der Waals surface area (Å²) in [6.45, 7) is 3.64. The number of rotatable bonds is 8. The lowest BCUT2D eigenvalue weighted by Crippen LogP contribution is -2.44. The number of amides is 1. The van der Waals surface area contributed by atoms with E-state index in [-0.39, 0.29) is 29.0 Å². The molecule has 0 atom stereocenters. The number of likely N-dealkylation sites (N-methyl/N-ethyl adjacent to an activating group) is 1. The van der Waals surface area contributed by atoms with E-state index in [0.717, 1.165) is 19.2 Å². The third kappa shape index (κ3) is 6.99. The first kappa shape index (κ1) is 25.1. The number of alkyl halides is 4. The fourth-order valence-corrected chi connectivity index (χ4v) is 3.67. The van der Waals surface area contributed by atoms with Crippen molar-refractivity contribution in [3.63, 3.8) is 0 Å². The Bertz CT molecular complexity index is 963. The minimum absolute atomic E-state index is 0.0652. The van der Waals surface area contributed by atoms with Gasteiger partial charge in [-0.15, -0.1) is 11.6 Å². The Morgan fingerprint density at radius 1 is 1.15 bits per heavy atom. The zero-order valence-corrected chi connectivity index (χ0v) is 19.2. The maximum Gasteiger partial charge on any atom is 0.416 e. The lowest BCUT2D eigenvalue weighted by atomic mass is 10.0. The molecule has 180 valence electrons. The number of ether oxygens (including phenoxy) is 1. The number of nitrogen functional groups attached to an aromatic ring is 1. The molecule has 3 rings (SSSR count). The molecule has 10 heteroatoms. The number of benzene rings is 2. The Morgan fingerprint density at radius 3 is 2.52 bits per heavy atom. The number of halogens is 4. The molecular weight excluding hydrogens is 457 g/mol. The molecule has 1 amide bonds. The SMILES string of the molecule is CN1CCN(Cc2ccc(NC(=O)c3ccc(OCCCCl)c(N)c3)cc2C(F)(F)F)CC1. The second kappa shape index (κ2) is 11.1. The summed E-state index contributed by atoms with van der Waals surface area (Å²) in [5.41, 5.74) is 5.92. The lowest BCUT2D eigenvalue weighted by Gasteiger charge is -2.33. The topological polar surface area (TPSA) is 70.8 Å². The van der Waals surface area contributed by atoms with Crippen molar-refractivity contribution in [2.75, 3.05) is 56.8 Å². The van der Waals surface area contributed by atoms with E-state index in [0.29, 0.717) is 37.7 Å². The lowest BCUT2D eigenvalue weighted by molar-refractivity contribution is -0.138. The molecule has 0 spiro atoms. The number of nitrogens with two attached hydrogens (primary N) is 1. The molecule has 2 aromatic rings. The highest BCUT2D eigenvalue weighted by Crippen LogP contribution is 2.35. The number of nitrogens with one attached hydrogen (secondary N) is 1. The summed E-state index contributed by atoms with van der Waals surface area (Å²) in [7, 11) is 1.99. The van der Waals surface area contributed by atoms with Gasteiger partial charge in [-0.2, -0.15) is 13.2 Å². The summed E-state index contributed by atoms with van der Waals surface area (Å²) >= 11 is 5.62. The number of nitrogens with zero attached hydrogens (tertiary/aromatic N) is 2. The number of piperazine rings is 1. The zero-order valence-electron chi connectivity index (χ0n) is 18.4. The zero-order chi connectivity index (χ0) is 24.0. The van der Waals surface area contributed by atoms with Gasteiger partial charge in [0.1, 0.15) is 5.75 Å². The maximum atomic E-state index is 13.8. The van der Waals surface area contributed by atoms with Crippen LogP contribution in [0.15, 0.2) is 36.4 Å². The molecule has 1 aliphatic rings. The molecular formula is C23H28ClF3N4O2. The summed E-state index contributed by atoms with van der Waals surface area (Å²) in [6, 6.07) is 8.39. The van der Waals surface area contributed by atoms with Gasteiger partial charge in [0.2, 0.25) is 0 Å². The number of anilines is 2. The quantitative estimate of drug-likeness (QED) is 0.332. The van der Waals surface area contributed by atoms with Crippen LogP contribution in [0, 0.1) is 0 Å². The van der Waals surface area contributed by atoms with Crippen LogP contribution in [0.25, 0.3) is 0 Å². The van der Waals surface area contributed by atoms with Crippen molar-refractivity contribution < 1.29 is 22.7 Å². The summed E-state index contributed by atoms with van der Waals surface area (Å²) < 4.78 is 46.7. The van der Waals surface area contributed by atoms with Crippen molar-refractivity contribution in [3.8, 4) is 5.75 Å². The monoisotopic (exact) mass is 484 g/mol. The van der Waals surface area contributed by atoms with Crippen molar-refractivity contribution >= 4 is 28.9 Å². The smallest absolute Gasteiger partial charge is 0.416 e. The normalized spacial score (nSPS) is 15.4. The Morgan fingerprint density at radius 2 is 1.88 bits per heavy atom. The van der Waals surface area contributed by atoms with Crippen molar-refractivity contribution in [3.05, 3.63) is 53.1 Å². The number of hydrogen-bond donors (Lipinski definition) is 2. The van der Waals surface area contributed by atoms with Gasteiger partial charge in [0, 0.05) is 49.9 Å². The van der Waals surface area contributed by atoms with E-state index in [1.807, 2.05) is 11.9 Å². The van der Waals surface area contributed by atoms with Gasteiger partial charge in [-0.3, -0.25) is 9.69 Å². The van der Waals surface area contributed by atoms with Crippen LogP contribution in [-0.4, -0.2) is 61.4 Å². The summed E-state index contributed by atoms with van der Waals surface area (Å²) in [5, 5.41) is 2.53. The van der Waals surface area contributed by atoms with Gasteiger partial charge in [-0.05, 0) is 49.4 Å². The maximum absolute atomic E-state index is 13.8. The van der Waals surface area contributed by atoms with Crippen LogP contribution in [0.2, 0.25) is 0 Å². The molecule has 6 nitrogen and oxygen atoms in total. The molecule has 1 fully saturated rings. The van der Waals surface area contributed by atoms with E-state index in [1.165, 1.54) is 24.3 Å². The summed E-state index contributed by atoms with van der Waals surface area (Å²) in [5.74, 6) is 0.312. The molecule has 1 saturated heterocycles. The van der Waals surface area contributed by atoms with E-state index in [1.54, 1.807) is 6.07 Å². The Hall–Kier alpha value is -2.49. The molecule has 0 saturated carbocycles. The fraction of sp³-hybridized carbons (Fsp3) is 0.435. The molecule has 0 aliphatic carbocycles. The Balaban J connectivity index is 1.72. The van der Waals surface area contributed by atoms with Crippen LogP contribution in [-0.2, 0) is 12.7 Å². The minimum atomic E-state index is -4.53.